The zero-order valence-corrected chi connectivity index (χ0v) is 12.7. The molecule has 0 saturated heterocycles. The van der Waals surface area contributed by atoms with Gasteiger partial charge in [-0.3, -0.25) is 0 Å². The Hall–Kier alpha value is -0.130. The van der Waals surface area contributed by atoms with E-state index in [1.54, 1.807) is 0 Å². The molecule has 2 unspecified atom stereocenters. The molecular formula is C13H28N2O2S. The third-order valence-corrected chi connectivity index (χ3v) is 4.24. The maximum Gasteiger partial charge on any atom is 0.208 e. The van der Waals surface area contributed by atoms with Crippen molar-refractivity contribution in [2.24, 2.45) is 11.8 Å². The van der Waals surface area contributed by atoms with E-state index in [-0.39, 0.29) is 0 Å². The Kier molecular flexibility index (Phi) is 6.60. The van der Waals surface area contributed by atoms with Crippen LogP contribution in [0, 0.1) is 11.8 Å². The molecule has 0 bridgehead atoms. The van der Waals surface area contributed by atoms with Crippen molar-refractivity contribution in [2.75, 3.05) is 19.3 Å². The summed E-state index contributed by atoms with van der Waals surface area (Å²) in [5.74, 6) is 1.62. The Bertz CT molecular complexity index is 328. The van der Waals surface area contributed by atoms with E-state index in [0.717, 1.165) is 18.4 Å². The van der Waals surface area contributed by atoms with Crippen molar-refractivity contribution < 1.29 is 8.42 Å². The standard InChI is InChI=1S/C13H28N2O2S/c1-11(2)9-12-5-4-6-13(10-12)14-7-8-15-18(3,16)17/h11-15H,4-10H2,1-3H3. The van der Waals surface area contributed by atoms with Crippen LogP contribution in [0.5, 0.6) is 0 Å². The van der Waals surface area contributed by atoms with Crippen molar-refractivity contribution in [1.82, 2.24) is 10.0 Å². The molecule has 108 valence electrons. The molecule has 2 N–H and O–H groups in total. The van der Waals surface area contributed by atoms with E-state index < -0.39 is 10.0 Å². The van der Waals surface area contributed by atoms with E-state index in [1.165, 1.54) is 38.4 Å². The van der Waals surface area contributed by atoms with Gasteiger partial charge in [-0.2, -0.15) is 0 Å². The highest BCUT2D eigenvalue weighted by molar-refractivity contribution is 7.88. The van der Waals surface area contributed by atoms with Gasteiger partial charge < -0.3 is 5.32 Å². The van der Waals surface area contributed by atoms with Crippen LogP contribution in [-0.2, 0) is 10.0 Å². The third kappa shape index (κ3) is 7.34. The van der Waals surface area contributed by atoms with Crippen LogP contribution >= 0.6 is 0 Å². The van der Waals surface area contributed by atoms with Gasteiger partial charge in [0.15, 0.2) is 0 Å². The lowest BCUT2D eigenvalue weighted by Gasteiger charge is -2.30. The van der Waals surface area contributed by atoms with Crippen molar-refractivity contribution >= 4 is 10.0 Å². The van der Waals surface area contributed by atoms with Crippen LogP contribution < -0.4 is 10.0 Å². The quantitative estimate of drug-likeness (QED) is 0.696. The molecule has 0 aromatic carbocycles. The van der Waals surface area contributed by atoms with Gasteiger partial charge in [0.1, 0.15) is 0 Å². The Morgan fingerprint density at radius 2 is 1.94 bits per heavy atom. The Labute approximate surface area is 112 Å². The van der Waals surface area contributed by atoms with Crippen LogP contribution in [0.3, 0.4) is 0 Å². The summed E-state index contributed by atoms with van der Waals surface area (Å²) < 4.78 is 24.3. The molecule has 1 fully saturated rings. The molecule has 1 rings (SSSR count). The number of sulfonamides is 1. The van der Waals surface area contributed by atoms with Crippen LogP contribution in [-0.4, -0.2) is 33.8 Å². The topological polar surface area (TPSA) is 58.2 Å². The molecule has 0 aromatic rings. The zero-order valence-electron chi connectivity index (χ0n) is 11.9. The Balaban J connectivity index is 2.18. The number of nitrogens with one attached hydrogen (secondary N) is 2. The van der Waals surface area contributed by atoms with Crippen LogP contribution in [0.2, 0.25) is 0 Å². The van der Waals surface area contributed by atoms with E-state index >= 15 is 0 Å². The first kappa shape index (κ1) is 15.9. The lowest BCUT2D eigenvalue weighted by molar-refractivity contribution is 0.254. The average molecular weight is 276 g/mol. The van der Waals surface area contributed by atoms with Gasteiger partial charge in [0.25, 0.3) is 0 Å². The van der Waals surface area contributed by atoms with E-state index in [0.29, 0.717) is 12.6 Å². The van der Waals surface area contributed by atoms with E-state index in [9.17, 15) is 8.42 Å². The van der Waals surface area contributed by atoms with Gasteiger partial charge in [-0.1, -0.05) is 26.7 Å². The molecule has 0 aromatic heterocycles. The van der Waals surface area contributed by atoms with Crippen LogP contribution in [0.15, 0.2) is 0 Å². The molecule has 0 radical (unpaired) electrons. The van der Waals surface area contributed by atoms with Crippen molar-refractivity contribution in [2.45, 2.75) is 52.0 Å². The highest BCUT2D eigenvalue weighted by atomic mass is 32.2. The highest BCUT2D eigenvalue weighted by Crippen LogP contribution is 2.29. The summed E-state index contributed by atoms with van der Waals surface area (Å²) in [6, 6.07) is 0.573. The van der Waals surface area contributed by atoms with Crippen LogP contribution in [0.4, 0.5) is 0 Å². The fraction of sp³-hybridized carbons (Fsp3) is 1.00. The normalized spacial score (nSPS) is 25.6. The lowest BCUT2D eigenvalue weighted by atomic mass is 9.81. The van der Waals surface area contributed by atoms with Crippen molar-refractivity contribution in [3.05, 3.63) is 0 Å². The summed E-state index contributed by atoms with van der Waals surface area (Å²) in [5, 5.41) is 3.47. The Morgan fingerprint density at radius 3 is 2.56 bits per heavy atom. The number of rotatable bonds is 7. The van der Waals surface area contributed by atoms with Gasteiger partial charge >= 0.3 is 0 Å². The zero-order chi connectivity index (χ0) is 13.6. The molecule has 2 atom stereocenters. The summed E-state index contributed by atoms with van der Waals surface area (Å²) in [6.07, 6.45) is 7.66. The molecule has 0 amide bonds. The highest BCUT2D eigenvalue weighted by Gasteiger charge is 2.21. The summed E-state index contributed by atoms with van der Waals surface area (Å²) in [7, 11) is -3.04. The van der Waals surface area contributed by atoms with Gasteiger partial charge in [-0.15, -0.1) is 0 Å². The third-order valence-electron chi connectivity index (χ3n) is 3.51. The van der Waals surface area contributed by atoms with Gasteiger partial charge in [-0.25, -0.2) is 13.1 Å². The van der Waals surface area contributed by atoms with Crippen LogP contribution in [0.25, 0.3) is 0 Å². The largest absolute Gasteiger partial charge is 0.313 e. The first-order valence-corrected chi connectivity index (χ1v) is 8.94. The monoisotopic (exact) mass is 276 g/mol. The molecule has 0 spiro atoms. The second-order valence-corrected chi connectivity index (χ2v) is 7.81. The maximum absolute atomic E-state index is 10.9. The minimum absolute atomic E-state index is 0.490. The minimum Gasteiger partial charge on any atom is -0.313 e. The lowest BCUT2D eigenvalue weighted by Crippen LogP contribution is -2.39. The first-order chi connectivity index (χ1) is 8.37. The molecule has 1 saturated carbocycles. The van der Waals surface area contributed by atoms with Crippen LogP contribution in [0.1, 0.15) is 46.0 Å². The predicted octanol–water partition coefficient (Wildman–Crippen LogP) is 1.73. The molecule has 0 heterocycles. The van der Waals surface area contributed by atoms with Gasteiger partial charge in [0, 0.05) is 19.1 Å². The second kappa shape index (κ2) is 7.46. The molecular weight excluding hydrogens is 248 g/mol. The SMILES string of the molecule is CC(C)CC1CCCC(NCCNS(C)(=O)=O)C1. The van der Waals surface area contributed by atoms with Crippen molar-refractivity contribution in [3.63, 3.8) is 0 Å². The van der Waals surface area contributed by atoms with Crippen molar-refractivity contribution in [3.8, 4) is 0 Å². The number of hydrogen-bond acceptors (Lipinski definition) is 3. The minimum atomic E-state index is -3.04. The maximum atomic E-state index is 10.9. The van der Waals surface area contributed by atoms with Gasteiger partial charge in [-0.05, 0) is 31.1 Å². The van der Waals surface area contributed by atoms with E-state index in [1.807, 2.05) is 0 Å². The number of hydrogen-bond donors (Lipinski definition) is 2. The van der Waals surface area contributed by atoms with E-state index in [2.05, 4.69) is 23.9 Å². The summed E-state index contributed by atoms with van der Waals surface area (Å²) in [4.78, 5) is 0. The molecule has 1 aliphatic carbocycles. The Morgan fingerprint density at radius 1 is 1.22 bits per heavy atom. The summed E-state index contributed by atoms with van der Waals surface area (Å²) in [6.45, 7) is 5.79. The summed E-state index contributed by atoms with van der Waals surface area (Å²) >= 11 is 0. The average Bonchev–Trinajstić information content (AvgIpc) is 2.23. The molecule has 5 heteroatoms. The molecule has 4 nitrogen and oxygen atoms in total. The second-order valence-electron chi connectivity index (χ2n) is 5.98. The van der Waals surface area contributed by atoms with Gasteiger partial charge in [0.05, 0.1) is 6.26 Å². The fourth-order valence-corrected chi connectivity index (χ4v) is 3.34. The van der Waals surface area contributed by atoms with E-state index in [4.69, 9.17) is 0 Å². The molecule has 18 heavy (non-hydrogen) atoms. The van der Waals surface area contributed by atoms with Gasteiger partial charge in [0.2, 0.25) is 10.0 Å². The predicted molar refractivity (Wildman–Crippen MR) is 76.1 cm³/mol. The summed E-state index contributed by atoms with van der Waals surface area (Å²) in [5.41, 5.74) is 0. The first-order valence-electron chi connectivity index (χ1n) is 7.05. The molecule has 0 aliphatic heterocycles. The fourth-order valence-electron chi connectivity index (χ4n) is 2.87. The smallest absolute Gasteiger partial charge is 0.208 e. The molecule has 1 aliphatic rings. The van der Waals surface area contributed by atoms with Crippen molar-refractivity contribution in [1.29, 1.82) is 0 Å².